The summed E-state index contributed by atoms with van der Waals surface area (Å²) >= 11 is 1.21. The third-order valence-corrected chi connectivity index (χ3v) is 12.0. The van der Waals surface area contributed by atoms with Crippen molar-refractivity contribution in [1.82, 2.24) is 29.2 Å². The fraction of sp³-hybridized carbons (Fsp3) is 0.467. The van der Waals surface area contributed by atoms with Crippen molar-refractivity contribution in [2.75, 3.05) is 44.6 Å². The number of carbonyl (C=O) groups excluding carboxylic acids is 1. The van der Waals surface area contributed by atoms with Gasteiger partial charge in [-0.15, -0.1) is 11.3 Å². The highest BCUT2D eigenvalue weighted by Gasteiger charge is 2.31. The molecule has 0 saturated carbocycles. The topological polar surface area (TPSA) is 125 Å². The standard InChI is InChI=1S/C30H37N7O4S2/c1-19(33-29-23-8-5-9-24(27(23)31-18-32-29)30(38)37-12-6-7-20(37)2)17-35-13-15-36(16-14-35)43(39,40)26-11-10-25(42-26)28-21(3)22(4)34-41-28/h5,8-11,18-20H,6-7,12-17H2,1-4H3,(H,31,32,33)/t19-,20-/m0/s1. The normalized spacial score (nSPS) is 19.3. The summed E-state index contributed by atoms with van der Waals surface area (Å²) in [6.07, 6.45) is 3.55. The van der Waals surface area contributed by atoms with Gasteiger partial charge in [-0.1, -0.05) is 11.2 Å². The quantitative estimate of drug-likeness (QED) is 0.304. The number of aromatic nitrogens is 3. The summed E-state index contributed by atoms with van der Waals surface area (Å²) < 4.78 is 34.1. The lowest BCUT2D eigenvalue weighted by Crippen LogP contribution is -2.50. The Balaban J connectivity index is 1.08. The highest BCUT2D eigenvalue weighted by molar-refractivity contribution is 7.91. The van der Waals surface area contributed by atoms with Gasteiger partial charge in [0.05, 0.1) is 21.7 Å². The number of piperazine rings is 1. The third kappa shape index (κ3) is 5.78. The first-order valence-electron chi connectivity index (χ1n) is 14.7. The molecule has 11 nitrogen and oxygen atoms in total. The van der Waals surface area contributed by atoms with Gasteiger partial charge < -0.3 is 14.7 Å². The lowest BCUT2D eigenvalue weighted by molar-refractivity contribution is 0.0749. The van der Waals surface area contributed by atoms with Crippen LogP contribution in [-0.2, 0) is 10.0 Å². The molecule has 1 amide bonds. The van der Waals surface area contributed by atoms with E-state index in [9.17, 15) is 13.2 Å². The minimum Gasteiger partial charge on any atom is -0.366 e. The van der Waals surface area contributed by atoms with Gasteiger partial charge in [0.25, 0.3) is 15.9 Å². The van der Waals surface area contributed by atoms with Crippen LogP contribution in [0.5, 0.6) is 0 Å². The largest absolute Gasteiger partial charge is 0.366 e. The number of hydrogen-bond acceptors (Lipinski definition) is 10. The summed E-state index contributed by atoms with van der Waals surface area (Å²) in [4.78, 5) is 27.3. The zero-order valence-corrected chi connectivity index (χ0v) is 26.5. The Kier molecular flexibility index (Phi) is 8.24. The van der Waals surface area contributed by atoms with E-state index in [1.54, 1.807) is 16.4 Å². The van der Waals surface area contributed by atoms with E-state index >= 15 is 0 Å². The SMILES string of the molecule is Cc1noc(-c2ccc(S(=O)(=O)N3CCN(C[C@H](C)Nc4ncnc5c(C(=O)N6CCC[C@@H]6C)cccc45)CC3)s2)c1C. The monoisotopic (exact) mass is 623 g/mol. The van der Waals surface area contributed by atoms with Crippen LogP contribution in [0.3, 0.4) is 0 Å². The first kappa shape index (κ1) is 29.7. The van der Waals surface area contributed by atoms with E-state index in [0.717, 1.165) is 47.5 Å². The number of amides is 1. The van der Waals surface area contributed by atoms with Crippen molar-refractivity contribution in [2.45, 2.75) is 56.8 Å². The molecule has 2 saturated heterocycles. The van der Waals surface area contributed by atoms with E-state index in [2.05, 4.69) is 39.2 Å². The third-order valence-electron chi connectivity index (χ3n) is 8.51. The van der Waals surface area contributed by atoms with Crippen LogP contribution in [0.1, 0.15) is 48.3 Å². The molecular formula is C30H37N7O4S2. The minimum absolute atomic E-state index is 0.0167. The number of hydrogen-bond donors (Lipinski definition) is 1. The molecule has 2 aliphatic rings. The van der Waals surface area contributed by atoms with Crippen molar-refractivity contribution < 1.29 is 17.7 Å². The highest BCUT2D eigenvalue weighted by atomic mass is 32.2. The second-order valence-electron chi connectivity index (χ2n) is 11.5. The molecule has 4 aromatic rings. The van der Waals surface area contributed by atoms with Gasteiger partial charge in [-0.05, 0) is 64.8 Å². The number of likely N-dealkylation sites (tertiary alicyclic amines) is 1. The average Bonchev–Trinajstić information content (AvgIpc) is 3.74. The van der Waals surface area contributed by atoms with Gasteiger partial charge in [0.15, 0.2) is 5.76 Å². The molecule has 0 radical (unpaired) electrons. The van der Waals surface area contributed by atoms with Gasteiger partial charge in [-0.25, -0.2) is 18.4 Å². The van der Waals surface area contributed by atoms with Crippen molar-refractivity contribution >= 4 is 44.0 Å². The molecule has 43 heavy (non-hydrogen) atoms. The first-order valence-corrected chi connectivity index (χ1v) is 17.0. The highest BCUT2D eigenvalue weighted by Crippen LogP contribution is 2.35. The van der Waals surface area contributed by atoms with E-state index < -0.39 is 10.0 Å². The molecule has 1 N–H and O–H groups in total. The maximum absolute atomic E-state index is 13.4. The molecule has 6 rings (SSSR count). The number of para-hydroxylation sites is 1. The van der Waals surface area contributed by atoms with E-state index in [4.69, 9.17) is 4.52 Å². The Hall–Kier alpha value is -3.39. The van der Waals surface area contributed by atoms with Gasteiger partial charge in [-0.3, -0.25) is 9.69 Å². The summed E-state index contributed by atoms with van der Waals surface area (Å²) in [5, 5.41) is 8.31. The Labute approximate surface area is 255 Å². The van der Waals surface area contributed by atoms with Crippen molar-refractivity contribution in [3.8, 4) is 10.6 Å². The number of aryl methyl sites for hydroxylation is 1. The van der Waals surface area contributed by atoms with Gasteiger partial charge >= 0.3 is 0 Å². The molecule has 1 aromatic carbocycles. The summed E-state index contributed by atoms with van der Waals surface area (Å²) in [6.45, 7) is 11.5. The molecule has 228 valence electrons. The van der Waals surface area contributed by atoms with Crippen LogP contribution < -0.4 is 5.32 Å². The predicted molar refractivity (Wildman–Crippen MR) is 167 cm³/mol. The summed E-state index contributed by atoms with van der Waals surface area (Å²) in [7, 11) is -3.60. The number of thiophene rings is 1. The molecule has 13 heteroatoms. The van der Waals surface area contributed by atoms with Crippen LogP contribution in [0.2, 0.25) is 0 Å². The molecule has 2 fully saturated rings. The number of sulfonamides is 1. The lowest BCUT2D eigenvalue weighted by Gasteiger charge is -2.35. The first-order chi connectivity index (χ1) is 20.6. The molecule has 2 aliphatic heterocycles. The van der Waals surface area contributed by atoms with Crippen molar-refractivity contribution in [1.29, 1.82) is 0 Å². The Morgan fingerprint density at radius 3 is 2.60 bits per heavy atom. The zero-order chi connectivity index (χ0) is 30.3. The van der Waals surface area contributed by atoms with Crippen LogP contribution in [0.15, 0.2) is 45.4 Å². The Morgan fingerprint density at radius 1 is 1.12 bits per heavy atom. The molecule has 3 aromatic heterocycles. The van der Waals surface area contributed by atoms with E-state index in [1.165, 1.54) is 17.7 Å². The van der Waals surface area contributed by atoms with Gasteiger partial charge in [0, 0.05) is 62.3 Å². The second kappa shape index (κ2) is 11.9. The predicted octanol–water partition coefficient (Wildman–Crippen LogP) is 4.39. The van der Waals surface area contributed by atoms with Crippen LogP contribution in [0, 0.1) is 13.8 Å². The number of anilines is 1. The fourth-order valence-corrected chi connectivity index (χ4v) is 8.85. The number of fused-ring (bicyclic) bond motifs is 1. The van der Waals surface area contributed by atoms with Crippen molar-refractivity contribution in [3.63, 3.8) is 0 Å². The Morgan fingerprint density at radius 2 is 1.91 bits per heavy atom. The number of nitrogens with zero attached hydrogens (tertiary/aromatic N) is 6. The van der Waals surface area contributed by atoms with Crippen LogP contribution in [0.25, 0.3) is 21.5 Å². The summed E-state index contributed by atoms with van der Waals surface area (Å²) in [5.41, 5.74) is 2.97. The van der Waals surface area contributed by atoms with Crippen molar-refractivity contribution in [2.24, 2.45) is 0 Å². The lowest BCUT2D eigenvalue weighted by atomic mass is 10.1. The molecule has 2 atom stereocenters. The van der Waals surface area contributed by atoms with Crippen LogP contribution >= 0.6 is 11.3 Å². The fourth-order valence-electron chi connectivity index (χ4n) is 5.94. The van der Waals surface area contributed by atoms with E-state index in [0.29, 0.717) is 53.0 Å². The van der Waals surface area contributed by atoms with E-state index in [-0.39, 0.29) is 18.0 Å². The second-order valence-corrected chi connectivity index (χ2v) is 14.8. The maximum atomic E-state index is 13.4. The molecule has 5 heterocycles. The smallest absolute Gasteiger partial charge is 0.256 e. The Bertz CT molecular complexity index is 1740. The number of carbonyl (C=O) groups is 1. The number of benzene rings is 1. The molecule has 0 bridgehead atoms. The number of nitrogens with one attached hydrogen (secondary N) is 1. The van der Waals surface area contributed by atoms with Gasteiger partial charge in [-0.2, -0.15) is 4.31 Å². The minimum atomic E-state index is -3.60. The van der Waals surface area contributed by atoms with E-state index in [1.807, 2.05) is 36.9 Å². The van der Waals surface area contributed by atoms with Gasteiger partial charge in [0.1, 0.15) is 16.4 Å². The molecule has 0 unspecified atom stereocenters. The summed E-state index contributed by atoms with van der Waals surface area (Å²) in [5.74, 6) is 1.33. The average molecular weight is 624 g/mol. The van der Waals surface area contributed by atoms with Gasteiger partial charge in [0.2, 0.25) is 0 Å². The van der Waals surface area contributed by atoms with Crippen molar-refractivity contribution in [3.05, 3.63) is 53.5 Å². The maximum Gasteiger partial charge on any atom is 0.256 e. The summed E-state index contributed by atoms with van der Waals surface area (Å²) in [6, 6.07) is 9.38. The molecule has 0 spiro atoms. The molecule has 0 aliphatic carbocycles. The van der Waals surface area contributed by atoms with Crippen LogP contribution in [-0.4, -0.2) is 94.9 Å². The zero-order valence-electron chi connectivity index (χ0n) is 24.9. The number of rotatable bonds is 8. The van der Waals surface area contributed by atoms with Crippen LogP contribution in [0.4, 0.5) is 5.82 Å². The molecular weight excluding hydrogens is 587 g/mol.